The Morgan fingerprint density at radius 1 is 1.50 bits per heavy atom. The van der Waals surface area contributed by atoms with E-state index in [1.807, 2.05) is 18.5 Å². The number of anilines is 2. The van der Waals surface area contributed by atoms with Gasteiger partial charge in [0.25, 0.3) is 0 Å². The van der Waals surface area contributed by atoms with Gasteiger partial charge in [0.05, 0.1) is 24.0 Å². The van der Waals surface area contributed by atoms with Gasteiger partial charge in [0, 0.05) is 6.54 Å². The minimum atomic E-state index is 0.00343. The molecule has 4 N–H and O–H groups in total. The predicted molar refractivity (Wildman–Crippen MR) is 66.4 cm³/mol. The zero-order valence-electron chi connectivity index (χ0n) is 10.5. The number of aromatic nitrogens is 2. The monoisotopic (exact) mass is 226 g/mol. The number of nitrogens with two attached hydrogens (primary N) is 1. The first kappa shape index (κ1) is 12.8. The van der Waals surface area contributed by atoms with Gasteiger partial charge in [0.2, 0.25) is 0 Å². The fourth-order valence-electron chi connectivity index (χ4n) is 1.58. The molecule has 0 aliphatic carbocycles. The number of hydrogen-bond acceptors (Lipinski definition) is 4. The van der Waals surface area contributed by atoms with Gasteiger partial charge in [0.1, 0.15) is 5.82 Å². The van der Waals surface area contributed by atoms with Crippen molar-refractivity contribution in [3.63, 3.8) is 0 Å². The van der Waals surface area contributed by atoms with Crippen LogP contribution in [0.5, 0.6) is 0 Å². The Kier molecular flexibility index (Phi) is 4.18. The van der Waals surface area contributed by atoms with Gasteiger partial charge in [-0.3, -0.25) is 0 Å². The first-order chi connectivity index (χ1) is 7.51. The third-order valence-corrected chi connectivity index (χ3v) is 2.80. The number of aryl methyl sites for hydroxylation is 2. The maximum atomic E-state index is 9.29. The second-order valence-corrected chi connectivity index (χ2v) is 4.34. The summed E-state index contributed by atoms with van der Waals surface area (Å²) in [6, 6.07) is 0.00343. The van der Waals surface area contributed by atoms with Crippen LogP contribution in [0.4, 0.5) is 11.5 Å². The van der Waals surface area contributed by atoms with Crippen molar-refractivity contribution in [3.8, 4) is 0 Å². The summed E-state index contributed by atoms with van der Waals surface area (Å²) >= 11 is 0. The van der Waals surface area contributed by atoms with Crippen molar-refractivity contribution in [3.05, 3.63) is 5.69 Å². The second kappa shape index (κ2) is 5.21. The van der Waals surface area contributed by atoms with Crippen molar-refractivity contribution in [2.75, 3.05) is 17.7 Å². The molecule has 0 spiro atoms. The molecule has 1 aromatic heterocycles. The van der Waals surface area contributed by atoms with Crippen LogP contribution in [0.1, 0.15) is 26.5 Å². The molecular weight excluding hydrogens is 204 g/mol. The van der Waals surface area contributed by atoms with Gasteiger partial charge in [-0.1, -0.05) is 13.8 Å². The van der Waals surface area contributed by atoms with Crippen molar-refractivity contribution in [2.24, 2.45) is 5.92 Å². The predicted octanol–water partition coefficient (Wildman–Crippen LogP) is 1.22. The van der Waals surface area contributed by atoms with Crippen LogP contribution in [0.3, 0.4) is 0 Å². The van der Waals surface area contributed by atoms with Crippen LogP contribution in [-0.2, 0) is 6.54 Å². The highest BCUT2D eigenvalue weighted by Crippen LogP contribution is 2.23. The molecule has 0 amide bonds. The minimum Gasteiger partial charge on any atom is -0.394 e. The number of nitrogens with one attached hydrogen (secondary N) is 1. The lowest BCUT2D eigenvalue weighted by atomic mass is 10.1. The van der Waals surface area contributed by atoms with Gasteiger partial charge in [0.15, 0.2) is 0 Å². The van der Waals surface area contributed by atoms with E-state index in [1.54, 1.807) is 0 Å². The molecule has 5 nitrogen and oxygen atoms in total. The van der Waals surface area contributed by atoms with Crippen LogP contribution in [0.15, 0.2) is 0 Å². The second-order valence-electron chi connectivity index (χ2n) is 4.34. The Bertz CT molecular complexity index is 346. The van der Waals surface area contributed by atoms with Gasteiger partial charge in [-0.25, -0.2) is 4.68 Å². The molecule has 0 aliphatic heterocycles. The Balaban J connectivity index is 2.94. The molecule has 0 aromatic carbocycles. The van der Waals surface area contributed by atoms with Gasteiger partial charge in [-0.05, 0) is 19.8 Å². The zero-order chi connectivity index (χ0) is 12.3. The maximum absolute atomic E-state index is 9.29. The molecule has 0 radical (unpaired) electrons. The first-order valence-corrected chi connectivity index (χ1v) is 5.71. The normalized spacial score (nSPS) is 13.1. The van der Waals surface area contributed by atoms with E-state index >= 15 is 0 Å². The minimum absolute atomic E-state index is 0.00343. The van der Waals surface area contributed by atoms with Crippen LogP contribution in [0.2, 0.25) is 0 Å². The molecule has 0 aliphatic rings. The van der Waals surface area contributed by atoms with Gasteiger partial charge >= 0.3 is 0 Å². The SMILES string of the molecule is CCn1nc(C)c(N)c1NC(CO)C(C)C. The highest BCUT2D eigenvalue weighted by atomic mass is 16.3. The first-order valence-electron chi connectivity index (χ1n) is 5.71. The van der Waals surface area contributed by atoms with Crippen molar-refractivity contribution < 1.29 is 5.11 Å². The Labute approximate surface area is 96.6 Å². The molecule has 1 atom stereocenters. The summed E-state index contributed by atoms with van der Waals surface area (Å²) in [4.78, 5) is 0. The summed E-state index contributed by atoms with van der Waals surface area (Å²) < 4.78 is 1.83. The van der Waals surface area contributed by atoms with E-state index in [4.69, 9.17) is 5.73 Å². The fourth-order valence-corrected chi connectivity index (χ4v) is 1.58. The average Bonchev–Trinajstić information content (AvgIpc) is 2.51. The van der Waals surface area contributed by atoms with E-state index in [9.17, 15) is 5.11 Å². The standard InChI is InChI=1S/C11H22N4O/c1-5-15-11(10(12)8(4)14-15)13-9(6-16)7(2)3/h7,9,13,16H,5-6,12H2,1-4H3. The lowest BCUT2D eigenvalue weighted by molar-refractivity contribution is 0.248. The van der Waals surface area contributed by atoms with Crippen molar-refractivity contribution in [1.82, 2.24) is 9.78 Å². The highest BCUT2D eigenvalue weighted by Gasteiger charge is 2.17. The smallest absolute Gasteiger partial charge is 0.148 e. The number of rotatable bonds is 5. The van der Waals surface area contributed by atoms with Crippen molar-refractivity contribution >= 4 is 11.5 Å². The number of nitrogens with zero attached hydrogens (tertiary/aromatic N) is 2. The van der Waals surface area contributed by atoms with E-state index in [2.05, 4.69) is 24.3 Å². The Hall–Kier alpha value is -1.23. The molecule has 5 heteroatoms. The Morgan fingerprint density at radius 3 is 2.56 bits per heavy atom. The van der Waals surface area contributed by atoms with Crippen LogP contribution in [-0.4, -0.2) is 27.5 Å². The fraction of sp³-hybridized carbons (Fsp3) is 0.727. The molecule has 16 heavy (non-hydrogen) atoms. The summed E-state index contributed by atoms with van der Waals surface area (Å²) in [5.74, 6) is 1.15. The molecule has 1 heterocycles. The third kappa shape index (κ3) is 2.47. The summed E-state index contributed by atoms with van der Waals surface area (Å²) in [6.45, 7) is 8.87. The number of nitrogen functional groups attached to an aromatic ring is 1. The van der Waals surface area contributed by atoms with E-state index in [-0.39, 0.29) is 12.6 Å². The molecule has 0 saturated heterocycles. The molecule has 1 unspecified atom stereocenters. The van der Waals surface area contributed by atoms with Crippen molar-refractivity contribution in [2.45, 2.75) is 40.3 Å². The summed E-state index contributed by atoms with van der Waals surface area (Å²) in [5.41, 5.74) is 7.45. The van der Waals surface area contributed by atoms with Gasteiger partial charge in [-0.15, -0.1) is 0 Å². The molecule has 0 saturated carbocycles. The largest absolute Gasteiger partial charge is 0.394 e. The van der Waals surface area contributed by atoms with Crippen molar-refractivity contribution in [1.29, 1.82) is 0 Å². The number of aliphatic hydroxyl groups excluding tert-OH is 1. The van der Waals surface area contributed by atoms with E-state index < -0.39 is 0 Å². The van der Waals surface area contributed by atoms with Gasteiger partial charge in [-0.2, -0.15) is 5.10 Å². The topological polar surface area (TPSA) is 76.1 Å². The molecule has 92 valence electrons. The van der Waals surface area contributed by atoms with Crippen LogP contribution < -0.4 is 11.1 Å². The molecule has 0 fully saturated rings. The third-order valence-electron chi connectivity index (χ3n) is 2.80. The Morgan fingerprint density at radius 2 is 2.12 bits per heavy atom. The van der Waals surface area contributed by atoms with E-state index in [0.717, 1.165) is 18.1 Å². The lowest BCUT2D eigenvalue weighted by Gasteiger charge is -2.21. The lowest BCUT2D eigenvalue weighted by Crippen LogP contribution is -2.30. The highest BCUT2D eigenvalue weighted by molar-refractivity contribution is 5.65. The number of hydrogen-bond donors (Lipinski definition) is 3. The van der Waals surface area contributed by atoms with E-state index in [0.29, 0.717) is 11.6 Å². The average molecular weight is 226 g/mol. The van der Waals surface area contributed by atoms with E-state index in [1.165, 1.54) is 0 Å². The molecular formula is C11H22N4O. The maximum Gasteiger partial charge on any atom is 0.148 e. The summed E-state index contributed by atoms with van der Waals surface area (Å²) in [7, 11) is 0. The zero-order valence-corrected chi connectivity index (χ0v) is 10.5. The molecule has 1 aromatic rings. The van der Waals surface area contributed by atoms with Gasteiger partial charge < -0.3 is 16.2 Å². The quantitative estimate of drug-likeness (QED) is 0.705. The van der Waals surface area contributed by atoms with Crippen LogP contribution in [0, 0.1) is 12.8 Å². The molecule has 0 bridgehead atoms. The summed E-state index contributed by atoms with van der Waals surface area (Å²) in [5, 5.41) is 16.9. The number of aliphatic hydroxyl groups is 1. The molecule has 1 rings (SSSR count). The van der Waals surface area contributed by atoms with Crippen LogP contribution >= 0.6 is 0 Å². The summed E-state index contributed by atoms with van der Waals surface area (Å²) in [6.07, 6.45) is 0. The van der Waals surface area contributed by atoms with Crippen LogP contribution in [0.25, 0.3) is 0 Å².